The summed E-state index contributed by atoms with van der Waals surface area (Å²) in [6.07, 6.45) is 0. The van der Waals surface area contributed by atoms with Crippen LogP contribution in [0.25, 0.3) is 11.1 Å². The van der Waals surface area contributed by atoms with Crippen molar-refractivity contribution in [2.24, 2.45) is 5.10 Å². The van der Waals surface area contributed by atoms with Gasteiger partial charge in [-0.05, 0) is 54.7 Å². The van der Waals surface area contributed by atoms with E-state index in [4.69, 9.17) is 4.42 Å². The van der Waals surface area contributed by atoms with E-state index in [-0.39, 0.29) is 11.8 Å². The average Bonchev–Trinajstić information content (AvgIpc) is 3.16. The topological polar surface area (TPSA) is 54.6 Å². The third-order valence-corrected chi connectivity index (χ3v) is 4.80. The highest BCUT2D eigenvalue weighted by Gasteiger charge is 2.33. The first-order valence-electron chi connectivity index (χ1n) is 8.66. The minimum absolute atomic E-state index is 0.136. The monoisotopic (exact) mass is 344 g/mol. The van der Waals surface area contributed by atoms with Crippen molar-refractivity contribution in [2.75, 3.05) is 0 Å². The summed E-state index contributed by atoms with van der Waals surface area (Å²) in [7, 11) is 0. The molecule has 1 aliphatic rings. The van der Waals surface area contributed by atoms with Crippen molar-refractivity contribution in [1.29, 1.82) is 0 Å². The summed E-state index contributed by atoms with van der Waals surface area (Å²) in [6, 6.07) is 18.0. The van der Waals surface area contributed by atoms with E-state index in [2.05, 4.69) is 22.7 Å². The molecular formula is C22H20N2O2. The molecular weight excluding hydrogens is 324 g/mol. The molecule has 0 saturated carbocycles. The molecule has 0 radical (unpaired) electrons. The van der Waals surface area contributed by atoms with Crippen molar-refractivity contribution in [3.8, 4) is 11.1 Å². The highest BCUT2D eigenvalue weighted by Crippen LogP contribution is 2.44. The van der Waals surface area contributed by atoms with Crippen molar-refractivity contribution in [3.05, 3.63) is 82.8 Å². The van der Waals surface area contributed by atoms with Gasteiger partial charge in [0.1, 0.15) is 11.5 Å². The van der Waals surface area contributed by atoms with Crippen LogP contribution in [0.5, 0.6) is 0 Å². The Morgan fingerprint density at radius 3 is 2.12 bits per heavy atom. The first-order chi connectivity index (χ1) is 12.6. The van der Waals surface area contributed by atoms with Gasteiger partial charge in [-0.3, -0.25) is 4.79 Å². The van der Waals surface area contributed by atoms with Crippen LogP contribution in [0.3, 0.4) is 0 Å². The average molecular weight is 344 g/mol. The maximum atomic E-state index is 12.9. The predicted molar refractivity (Wildman–Crippen MR) is 102 cm³/mol. The fourth-order valence-corrected chi connectivity index (χ4v) is 3.69. The summed E-state index contributed by atoms with van der Waals surface area (Å²) in [5.41, 5.74) is 8.66. The number of aryl methyl sites for hydroxylation is 2. The molecule has 0 atom stereocenters. The summed E-state index contributed by atoms with van der Waals surface area (Å²) in [5.74, 6) is 1.05. The standard InChI is InChI=1S/C22H20N2O2/c1-13-12-14(2)26-21(13)15(3)23-24-22(25)20-18-10-6-4-8-16(18)17-9-5-7-11-19(17)20/h4-12,20H,1-3H3,(H,24,25). The van der Waals surface area contributed by atoms with Crippen molar-refractivity contribution >= 4 is 11.6 Å². The molecule has 3 aromatic rings. The van der Waals surface area contributed by atoms with E-state index in [1.807, 2.05) is 63.2 Å². The van der Waals surface area contributed by atoms with Crippen molar-refractivity contribution < 1.29 is 9.21 Å². The molecule has 0 spiro atoms. The largest absolute Gasteiger partial charge is 0.460 e. The highest BCUT2D eigenvalue weighted by molar-refractivity contribution is 6.00. The molecule has 0 aliphatic heterocycles. The number of nitrogens with zero attached hydrogens (tertiary/aromatic N) is 1. The van der Waals surface area contributed by atoms with E-state index >= 15 is 0 Å². The molecule has 1 N–H and O–H groups in total. The summed E-state index contributed by atoms with van der Waals surface area (Å²) in [6.45, 7) is 5.70. The normalized spacial score (nSPS) is 13.4. The number of furan rings is 1. The minimum Gasteiger partial charge on any atom is -0.460 e. The quantitative estimate of drug-likeness (QED) is 0.560. The molecule has 1 amide bonds. The van der Waals surface area contributed by atoms with Gasteiger partial charge in [0.25, 0.3) is 5.91 Å². The van der Waals surface area contributed by atoms with Crippen LogP contribution >= 0.6 is 0 Å². The fraction of sp³-hybridized carbons (Fsp3) is 0.182. The molecule has 130 valence electrons. The lowest BCUT2D eigenvalue weighted by molar-refractivity contribution is -0.121. The maximum Gasteiger partial charge on any atom is 0.252 e. The minimum atomic E-state index is -0.349. The lowest BCUT2D eigenvalue weighted by atomic mass is 9.96. The van der Waals surface area contributed by atoms with Crippen LogP contribution in [0.2, 0.25) is 0 Å². The Bertz CT molecular complexity index is 985. The first-order valence-corrected chi connectivity index (χ1v) is 8.66. The van der Waals surface area contributed by atoms with Crippen molar-refractivity contribution in [2.45, 2.75) is 26.7 Å². The van der Waals surface area contributed by atoms with E-state index < -0.39 is 0 Å². The first kappa shape index (κ1) is 16.3. The van der Waals surface area contributed by atoms with Crippen molar-refractivity contribution in [3.63, 3.8) is 0 Å². The molecule has 4 nitrogen and oxygen atoms in total. The molecule has 0 bridgehead atoms. The number of fused-ring (bicyclic) bond motifs is 3. The molecule has 4 rings (SSSR count). The second-order valence-electron chi connectivity index (χ2n) is 6.65. The second kappa shape index (κ2) is 6.30. The van der Waals surface area contributed by atoms with Gasteiger partial charge in [0.05, 0.1) is 5.92 Å². The van der Waals surface area contributed by atoms with Crippen LogP contribution in [-0.4, -0.2) is 11.6 Å². The molecule has 2 aromatic carbocycles. The molecule has 0 unspecified atom stereocenters. The molecule has 4 heteroatoms. The Hall–Kier alpha value is -3.14. The molecule has 1 aliphatic carbocycles. The second-order valence-corrected chi connectivity index (χ2v) is 6.65. The highest BCUT2D eigenvalue weighted by atomic mass is 16.3. The van der Waals surface area contributed by atoms with Crippen LogP contribution in [0.15, 0.2) is 64.1 Å². The summed E-state index contributed by atoms with van der Waals surface area (Å²) in [4.78, 5) is 12.9. The SMILES string of the molecule is CC(=NNC(=O)C1c2ccccc2-c2ccccc21)c1oc(C)cc1C. The number of hydrogen-bond acceptors (Lipinski definition) is 3. The summed E-state index contributed by atoms with van der Waals surface area (Å²) in [5, 5.41) is 4.28. The van der Waals surface area contributed by atoms with Gasteiger partial charge in [-0.1, -0.05) is 48.5 Å². The number of carbonyl (C=O) groups excluding carboxylic acids is 1. The van der Waals surface area contributed by atoms with Gasteiger partial charge in [-0.15, -0.1) is 0 Å². The Morgan fingerprint density at radius 1 is 1.00 bits per heavy atom. The summed E-state index contributed by atoms with van der Waals surface area (Å²) < 4.78 is 5.66. The molecule has 0 saturated heterocycles. The Labute approximate surface area is 152 Å². The van der Waals surface area contributed by atoms with E-state index in [1.54, 1.807) is 0 Å². The number of hydrazone groups is 1. The summed E-state index contributed by atoms with van der Waals surface area (Å²) >= 11 is 0. The zero-order valence-electron chi connectivity index (χ0n) is 15.0. The van der Waals surface area contributed by atoms with E-state index in [0.717, 1.165) is 33.6 Å². The molecule has 26 heavy (non-hydrogen) atoms. The molecule has 1 aromatic heterocycles. The zero-order chi connectivity index (χ0) is 18.3. The lowest BCUT2D eigenvalue weighted by Crippen LogP contribution is -2.26. The van der Waals surface area contributed by atoms with Gasteiger partial charge in [-0.25, -0.2) is 5.43 Å². The van der Waals surface area contributed by atoms with Crippen LogP contribution in [-0.2, 0) is 4.79 Å². The van der Waals surface area contributed by atoms with Gasteiger partial charge in [0.15, 0.2) is 5.76 Å². The van der Waals surface area contributed by atoms with Gasteiger partial charge in [-0.2, -0.15) is 5.10 Å². The number of hydrogen-bond donors (Lipinski definition) is 1. The van der Waals surface area contributed by atoms with Crippen LogP contribution in [0, 0.1) is 13.8 Å². The van der Waals surface area contributed by atoms with Gasteiger partial charge in [0, 0.05) is 0 Å². The van der Waals surface area contributed by atoms with Crippen LogP contribution < -0.4 is 5.43 Å². The third-order valence-electron chi connectivity index (χ3n) is 4.80. The van der Waals surface area contributed by atoms with Crippen LogP contribution in [0.1, 0.15) is 41.1 Å². The predicted octanol–water partition coefficient (Wildman–Crippen LogP) is 4.55. The zero-order valence-corrected chi connectivity index (χ0v) is 15.0. The van der Waals surface area contributed by atoms with E-state index in [1.165, 1.54) is 0 Å². The third kappa shape index (κ3) is 2.64. The fourth-order valence-electron chi connectivity index (χ4n) is 3.69. The number of amides is 1. The van der Waals surface area contributed by atoms with Gasteiger partial charge in [0.2, 0.25) is 0 Å². The number of benzene rings is 2. The molecule has 1 heterocycles. The van der Waals surface area contributed by atoms with Gasteiger partial charge >= 0.3 is 0 Å². The van der Waals surface area contributed by atoms with E-state index in [9.17, 15) is 4.79 Å². The van der Waals surface area contributed by atoms with Crippen LogP contribution in [0.4, 0.5) is 0 Å². The van der Waals surface area contributed by atoms with E-state index in [0.29, 0.717) is 11.5 Å². The van der Waals surface area contributed by atoms with Crippen molar-refractivity contribution in [1.82, 2.24) is 5.43 Å². The Kier molecular flexibility index (Phi) is 3.96. The number of nitrogens with one attached hydrogen (secondary N) is 1. The Morgan fingerprint density at radius 2 is 1.58 bits per heavy atom. The lowest BCUT2D eigenvalue weighted by Gasteiger charge is -2.12. The number of rotatable bonds is 3. The maximum absolute atomic E-state index is 12.9. The smallest absolute Gasteiger partial charge is 0.252 e. The Balaban J connectivity index is 1.65. The van der Waals surface area contributed by atoms with Gasteiger partial charge < -0.3 is 4.42 Å². The molecule has 0 fully saturated rings. The number of carbonyl (C=O) groups is 1.